The zero-order valence-corrected chi connectivity index (χ0v) is 17.2. The van der Waals surface area contributed by atoms with E-state index in [-0.39, 0.29) is 10.8 Å². The minimum atomic E-state index is -3.58. The van der Waals surface area contributed by atoms with Crippen molar-refractivity contribution >= 4 is 32.4 Å². The van der Waals surface area contributed by atoms with Crippen LogP contribution in [0.3, 0.4) is 0 Å². The van der Waals surface area contributed by atoms with Crippen LogP contribution in [0.2, 0.25) is 0 Å². The number of amides is 1. The molecule has 1 saturated heterocycles. The van der Waals surface area contributed by atoms with Gasteiger partial charge in [0.25, 0.3) is 5.91 Å². The summed E-state index contributed by atoms with van der Waals surface area (Å²) in [7, 11) is -3.58. The number of carbonyl (C=O) groups is 1. The molecular weight excluding hydrogens is 384 g/mol. The fraction of sp³-hybridized carbons (Fsp3) is 0.444. The van der Waals surface area contributed by atoms with Crippen LogP contribution in [0.15, 0.2) is 40.7 Å². The minimum absolute atomic E-state index is 0.134. The van der Waals surface area contributed by atoms with Crippen molar-refractivity contribution < 1.29 is 13.2 Å². The summed E-state index contributed by atoms with van der Waals surface area (Å²) in [5.74, 6) is -0.134. The number of sulfonamides is 1. The predicted molar refractivity (Wildman–Crippen MR) is 107 cm³/mol. The van der Waals surface area contributed by atoms with Crippen LogP contribution in [0.25, 0.3) is 0 Å². The van der Waals surface area contributed by atoms with Gasteiger partial charge in [-0.05, 0) is 18.2 Å². The number of hydrogen-bond donors (Lipinski definition) is 0. The fourth-order valence-electron chi connectivity index (χ4n) is 3.16. The molecule has 0 atom stereocenters. The number of anilines is 1. The Labute approximate surface area is 164 Å². The van der Waals surface area contributed by atoms with Gasteiger partial charge < -0.3 is 9.80 Å². The Balaban J connectivity index is 1.73. The highest BCUT2D eigenvalue weighted by Gasteiger charge is 2.26. The van der Waals surface area contributed by atoms with E-state index in [0.717, 1.165) is 18.2 Å². The van der Waals surface area contributed by atoms with Gasteiger partial charge in [0, 0.05) is 56.4 Å². The SMILES string of the molecule is CCN(CC)S(=O)(=O)c1cccc(C(=O)N2CCN(c3nccs3)CC2)c1. The molecule has 9 heteroatoms. The van der Waals surface area contributed by atoms with Crippen molar-refractivity contribution in [1.82, 2.24) is 14.2 Å². The molecule has 1 fully saturated rings. The molecule has 27 heavy (non-hydrogen) atoms. The molecule has 1 amide bonds. The van der Waals surface area contributed by atoms with Crippen molar-refractivity contribution in [2.24, 2.45) is 0 Å². The number of nitrogens with zero attached hydrogens (tertiary/aromatic N) is 4. The normalized spacial score (nSPS) is 15.4. The molecule has 1 aliphatic heterocycles. The second-order valence-corrected chi connectivity index (χ2v) is 9.02. The highest BCUT2D eigenvalue weighted by atomic mass is 32.2. The third-order valence-electron chi connectivity index (χ3n) is 4.68. The highest BCUT2D eigenvalue weighted by Crippen LogP contribution is 2.21. The van der Waals surface area contributed by atoms with Crippen LogP contribution in [0.1, 0.15) is 24.2 Å². The van der Waals surface area contributed by atoms with Gasteiger partial charge in [0.05, 0.1) is 4.90 Å². The molecule has 0 N–H and O–H groups in total. The van der Waals surface area contributed by atoms with Gasteiger partial charge in [-0.2, -0.15) is 4.31 Å². The van der Waals surface area contributed by atoms with Crippen LogP contribution in [-0.4, -0.2) is 67.8 Å². The molecule has 1 aromatic heterocycles. The van der Waals surface area contributed by atoms with Crippen LogP contribution in [-0.2, 0) is 10.0 Å². The summed E-state index contributed by atoms with van der Waals surface area (Å²) >= 11 is 1.59. The first-order valence-electron chi connectivity index (χ1n) is 9.01. The standard InChI is InChI=1S/C18H24N4O3S2/c1-3-22(4-2)27(24,25)16-7-5-6-15(14-16)17(23)20-9-11-21(12-10-20)18-19-8-13-26-18/h5-8,13-14H,3-4,9-12H2,1-2H3. The van der Waals surface area contributed by atoms with Gasteiger partial charge >= 0.3 is 0 Å². The lowest BCUT2D eigenvalue weighted by Crippen LogP contribution is -2.48. The van der Waals surface area contributed by atoms with E-state index < -0.39 is 10.0 Å². The van der Waals surface area contributed by atoms with Gasteiger partial charge in [-0.3, -0.25) is 4.79 Å². The highest BCUT2D eigenvalue weighted by molar-refractivity contribution is 7.89. The van der Waals surface area contributed by atoms with Gasteiger partial charge in [-0.15, -0.1) is 11.3 Å². The molecule has 2 aromatic rings. The molecule has 7 nitrogen and oxygen atoms in total. The Hall–Kier alpha value is -1.97. The molecule has 1 aliphatic rings. The Morgan fingerprint density at radius 1 is 1.19 bits per heavy atom. The first kappa shape index (κ1) is 19.8. The lowest BCUT2D eigenvalue weighted by atomic mass is 10.2. The van der Waals surface area contributed by atoms with Gasteiger partial charge in [0.1, 0.15) is 0 Å². The summed E-state index contributed by atoms with van der Waals surface area (Å²) < 4.78 is 26.8. The summed E-state index contributed by atoms with van der Waals surface area (Å²) in [5, 5.41) is 2.91. The predicted octanol–water partition coefficient (Wildman–Crippen LogP) is 2.14. The number of hydrogen-bond acceptors (Lipinski definition) is 6. The van der Waals surface area contributed by atoms with Crippen LogP contribution in [0, 0.1) is 0 Å². The van der Waals surface area contributed by atoms with E-state index in [2.05, 4.69) is 9.88 Å². The Morgan fingerprint density at radius 2 is 1.89 bits per heavy atom. The molecule has 0 bridgehead atoms. The summed E-state index contributed by atoms with van der Waals surface area (Å²) in [6, 6.07) is 6.35. The number of thiazole rings is 1. The molecule has 0 aliphatic carbocycles. The van der Waals surface area contributed by atoms with Gasteiger partial charge in [-0.25, -0.2) is 13.4 Å². The molecule has 0 spiro atoms. The molecule has 3 rings (SSSR count). The molecule has 0 saturated carbocycles. The monoisotopic (exact) mass is 408 g/mol. The van der Waals surface area contributed by atoms with Crippen LogP contribution in [0.4, 0.5) is 5.13 Å². The maximum atomic E-state index is 12.9. The molecule has 146 valence electrons. The second kappa shape index (κ2) is 8.37. The number of rotatable bonds is 6. The first-order valence-corrected chi connectivity index (χ1v) is 11.3. The Bertz CT molecular complexity index is 872. The molecule has 1 aromatic carbocycles. The van der Waals surface area contributed by atoms with E-state index in [1.807, 2.05) is 5.38 Å². The number of carbonyl (C=O) groups excluding carboxylic acids is 1. The van der Waals surface area contributed by atoms with Crippen molar-refractivity contribution in [3.8, 4) is 0 Å². The fourth-order valence-corrected chi connectivity index (χ4v) is 5.36. The third-order valence-corrected chi connectivity index (χ3v) is 7.56. The van der Waals surface area contributed by atoms with E-state index in [4.69, 9.17) is 0 Å². The van der Waals surface area contributed by atoms with E-state index >= 15 is 0 Å². The van der Waals surface area contributed by atoms with Crippen molar-refractivity contribution in [3.63, 3.8) is 0 Å². The average Bonchev–Trinajstić information content (AvgIpc) is 3.23. The Kier molecular flexibility index (Phi) is 6.13. The Morgan fingerprint density at radius 3 is 2.48 bits per heavy atom. The number of piperazine rings is 1. The summed E-state index contributed by atoms with van der Waals surface area (Å²) in [6.45, 7) is 7.02. The van der Waals surface area contributed by atoms with Crippen molar-refractivity contribution in [2.75, 3.05) is 44.2 Å². The van der Waals surface area contributed by atoms with E-state index in [1.54, 1.807) is 54.5 Å². The largest absolute Gasteiger partial charge is 0.345 e. The zero-order chi connectivity index (χ0) is 19.4. The molecule has 0 radical (unpaired) electrons. The van der Waals surface area contributed by atoms with Crippen LogP contribution < -0.4 is 4.90 Å². The molecule has 0 unspecified atom stereocenters. The second-order valence-electron chi connectivity index (χ2n) is 6.21. The average molecular weight is 409 g/mol. The maximum Gasteiger partial charge on any atom is 0.254 e. The lowest BCUT2D eigenvalue weighted by Gasteiger charge is -2.34. The van der Waals surface area contributed by atoms with E-state index in [9.17, 15) is 13.2 Å². The number of aromatic nitrogens is 1. The van der Waals surface area contributed by atoms with Gasteiger partial charge in [0.2, 0.25) is 10.0 Å². The van der Waals surface area contributed by atoms with Gasteiger partial charge in [0.15, 0.2) is 5.13 Å². The minimum Gasteiger partial charge on any atom is -0.345 e. The summed E-state index contributed by atoms with van der Waals surface area (Å²) in [5.41, 5.74) is 0.408. The summed E-state index contributed by atoms with van der Waals surface area (Å²) in [6.07, 6.45) is 1.78. The van der Waals surface area contributed by atoms with Gasteiger partial charge in [-0.1, -0.05) is 19.9 Å². The van der Waals surface area contributed by atoms with Crippen molar-refractivity contribution in [2.45, 2.75) is 18.7 Å². The topological polar surface area (TPSA) is 73.8 Å². The maximum absolute atomic E-state index is 12.9. The molecular formula is C18H24N4O3S2. The van der Waals surface area contributed by atoms with E-state index in [1.165, 1.54) is 10.4 Å². The smallest absolute Gasteiger partial charge is 0.254 e. The molecule has 2 heterocycles. The van der Waals surface area contributed by atoms with Crippen molar-refractivity contribution in [1.29, 1.82) is 0 Å². The summed E-state index contributed by atoms with van der Waals surface area (Å²) in [4.78, 5) is 21.3. The lowest BCUT2D eigenvalue weighted by molar-refractivity contribution is 0.0746. The van der Waals surface area contributed by atoms with Crippen molar-refractivity contribution in [3.05, 3.63) is 41.4 Å². The zero-order valence-electron chi connectivity index (χ0n) is 15.5. The first-order chi connectivity index (χ1) is 13.0. The van der Waals surface area contributed by atoms with Crippen LogP contribution >= 0.6 is 11.3 Å². The quantitative estimate of drug-likeness (QED) is 0.732. The third kappa shape index (κ3) is 4.15. The van der Waals surface area contributed by atoms with Crippen LogP contribution in [0.5, 0.6) is 0 Å². The van der Waals surface area contributed by atoms with E-state index in [0.29, 0.717) is 31.7 Å². The number of benzene rings is 1.